The first-order valence-electron chi connectivity index (χ1n) is 7.35. The van der Waals surface area contributed by atoms with Crippen LogP contribution in [0.4, 0.5) is 0 Å². The fraction of sp³-hybridized carbons (Fsp3) is 0.588. The lowest BCUT2D eigenvalue weighted by atomic mass is 9.83. The van der Waals surface area contributed by atoms with Crippen molar-refractivity contribution in [1.82, 2.24) is 5.32 Å². The molecule has 1 unspecified atom stereocenters. The van der Waals surface area contributed by atoms with E-state index in [1.807, 2.05) is 24.3 Å². The Morgan fingerprint density at radius 1 is 1.20 bits per heavy atom. The molecule has 0 aliphatic carbocycles. The van der Waals surface area contributed by atoms with Gasteiger partial charge in [0.25, 0.3) is 5.91 Å². The Morgan fingerprint density at radius 3 is 2.30 bits per heavy atom. The number of nitrogens with one attached hydrogen (secondary N) is 1. The highest BCUT2D eigenvalue weighted by atomic mass is 16.1. The zero-order valence-corrected chi connectivity index (χ0v) is 13.4. The number of hydrogen-bond donors (Lipinski definition) is 2. The number of carbonyl (C=O) groups excluding carboxylic acids is 1. The molecule has 0 spiro atoms. The van der Waals surface area contributed by atoms with E-state index in [2.05, 4.69) is 39.9 Å². The third-order valence-electron chi connectivity index (χ3n) is 3.87. The zero-order chi connectivity index (χ0) is 15.4. The van der Waals surface area contributed by atoms with Crippen LogP contribution < -0.4 is 11.1 Å². The molecule has 20 heavy (non-hydrogen) atoms. The molecule has 1 aromatic carbocycles. The van der Waals surface area contributed by atoms with Gasteiger partial charge in [0.2, 0.25) is 0 Å². The molecule has 0 fully saturated rings. The maximum Gasteiger partial charge on any atom is 0.251 e. The van der Waals surface area contributed by atoms with E-state index in [1.54, 1.807) is 0 Å². The minimum Gasteiger partial charge on any atom is -0.347 e. The molecule has 0 bridgehead atoms. The average Bonchev–Trinajstić information content (AvgIpc) is 2.38. The van der Waals surface area contributed by atoms with E-state index in [-0.39, 0.29) is 16.9 Å². The van der Waals surface area contributed by atoms with Gasteiger partial charge in [-0.2, -0.15) is 0 Å². The van der Waals surface area contributed by atoms with Crippen molar-refractivity contribution in [2.45, 2.75) is 58.4 Å². The summed E-state index contributed by atoms with van der Waals surface area (Å²) in [5.41, 5.74) is 7.20. The van der Waals surface area contributed by atoms with Gasteiger partial charge in [-0.1, -0.05) is 45.9 Å². The first kappa shape index (κ1) is 16.7. The maximum atomic E-state index is 12.6. The third-order valence-corrected chi connectivity index (χ3v) is 3.87. The molecule has 0 saturated heterocycles. The number of benzene rings is 1. The molecule has 3 nitrogen and oxygen atoms in total. The summed E-state index contributed by atoms with van der Waals surface area (Å²) in [6, 6.07) is 7.82. The van der Waals surface area contributed by atoms with Crippen LogP contribution in [0.5, 0.6) is 0 Å². The minimum atomic E-state index is -0.239. The Balaban J connectivity index is 3.05. The molecule has 0 aliphatic rings. The molecule has 1 aromatic rings. The monoisotopic (exact) mass is 276 g/mol. The number of nitrogens with two attached hydrogens (primary N) is 1. The van der Waals surface area contributed by atoms with Crippen LogP contribution in [0.15, 0.2) is 24.3 Å². The summed E-state index contributed by atoms with van der Waals surface area (Å²) < 4.78 is 0. The quantitative estimate of drug-likeness (QED) is 0.867. The van der Waals surface area contributed by atoms with Gasteiger partial charge in [0.05, 0.1) is 0 Å². The average molecular weight is 276 g/mol. The maximum absolute atomic E-state index is 12.6. The van der Waals surface area contributed by atoms with Crippen molar-refractivity contribution in [3.8, 4) is 0 Å². The third kappa shape index (κ3) is 4.07. The lowest BCUT2D eigenvalue weighted by molar-refractivity contribution is 0.0897. The number of carbonyl (C=O) groups is 1. The fourth-order valence-corrected chi connectivity index (χ4v) is 2.32. The molecule has 0 heterocycles. The largest absolute Gasteiger partial charge is 0.347 e. The molecule has 3 heteroatoms. The summed E-state index contributed by atoms with van der Waals surface area (Å²) in [7, 11) is 0. The normalized spacial score (nSPS) is 14.7. The van der Waals surface area contributed by atoms with E-state index in [0.29, 0.717) is 6.54 Å². The van der Waals surface area contributed by atoms with Gasteiger partial charge < -0.3 is 11.1 Å². The summed E-state index contributed by atoms with van der Waals surface area (Å²) in [6.45, 7) is 11.1. The summed E-state index contributed by atoms with van der Waals surface area (Å²) >= 11 is 0. The van der Waals surface area contributed by atoms with Crippen molar-refractivity contribution in [2.75, 3.05) is 6.54 Å². The van der Waals surface area contributed by atoms with Gasteiger partial charge in [-0.25, -0.2) is 0 Å². The van der Waals surface area contributed by atoms with Gasteiger partial charge in [0.15, 0.2) is 0 Å². The van der Waals surface area contributed by atoms with Gasteiger partial charge in [0.1, 0.15) is 0 Å². The molecule has 0 saturated carbocycles. The first-order valence-corrected chi connectivity index (χ1v) is 7.35. The van der Waals surface area contributed by atoms with Crippen molar-refractivity contribution in [3.05, 3.63) is 35.4 Å². The van der Waals surface area contributed by atoms with Gasteiger partial charge in [0, 0.05) is 11.1 Å². The number of hydrogen-bond acceptors (Lipinski definition) is 2. The summed E-state index contributed by atoms with van der Waals surface area (Å²) in [5, 5.41) is 3.15. The smallest absolute Gasteiger partial charge is 0.251 e. The molecule has 1 atom stereocenters. The van der Waals surface area contributed by atoms with Crippen LogP contribution in [0, 0.1) is 0 Å². The van der Waals surface area contributed by atoms with Gasteiger partial charge >= 0.3 is 0 Å². The molecule has 1 rings (SSSR count). The second-order valence-corrected chi connectivity index (χ2v) is 6.70. The Morgan fingerprint density at radius 2 is 1.80 bits per heavy atom. The zero-order valence-electron chi connectivity index (χ0n) is 13.4. The molecule has 0 radical (unpaired) electrons. The van der Waals surface area contributed by atoms with Crippen LogP contribution in [-0.4, -0.2) is 18.0 Å². The Bertz CT molecular complexity index is 462. The molecular weight excluding hydrogens is 248 g/mol. The second-order valence-electron chi connectivity index (χ2n) is 6.70. The van der Waals surface area contributed by atoms with Gasteiger partial charge in [-0.05, 0) is 43.4 Å². The number of rotatable bonds is 5. The molecule has 1 amide bonds. The second kappa shape index (κ2) is 6.40. The molecule has 0 aliphatic heterocycles. The molecule has 3 N–H and O–H groups in total. The Kier molecular flexibility index (Phi) is 5.35. The van der Waals surface area contributed by atoms with Gasteiger partial charge in [-0.3, -0.25) is 4.79 Å². The van der Waals surface area contributed by atoms with Crippen molar-refractivity contribution >= 4 is 5.91 Å². The van der Waals surface area contributed by atoms with Crippen LogP contribution in [0.2, 0.25) is 0 Å². The molecule has 112 valence electrons. The van der Waals surface area contributed by atoms with Crippen molar-refractivity contribution < 1.29 is 4.79 Å². The predicted molar refractivity (Wildman–Crippen MR) is 85.0 cm³/mol. The van der Waals surface area contributed by atoms with Crippen LogP contribution in [0.1, 0.15) is 63.4 Å². The highest BCUT2D eigenvalue weighted by molar-refractivity contribution is 5.96. The summed E-state index contributed by atoms with van der Waals surface area (Å²) in [6.07, 6.45) is 1.65. The van der Waals surface area contributed by atoms with Gasteiger partial charge in [-0.15, -0.1) is 0 Å². The minimum absolute atomic E-state index is 0.00618. The topological polar surface area (TPSA) is 55.1 Å². The molecule has 0 aromatic heterocycles. The summed E-state index contributed by atoms with van der Waals surface area (Å²) in [4.78, 5) is 12.6. The lowest BCUT2D eigenvalue weighted by Gasteiger charge is -2.30. The Labute approximate surface area is 122 Å². The van der Waals surface area contributed by atoms with E-state index in [9.17, 15) is 4.79 Å². The van der Waals surface area contributed by atoms with E-state index < -0.39 is 0 Å². The Hall–Kier alpha value is -1.35. The predicted octanol–water partition coefficient (Wildman–Crippen LogP) is 3.23. The van der Waals surface area contributed by atoms with Crippen LogP contribution in [0.25, 0.3) is 0 Å². The van der Waals surface area contributed by atoms with E-state index in [0.717, 1.165) is 24.0 Å². The highest BCUT2D eigenvalue weighted by Gasteiger charge is 2.27. The van der Waals surface area contributed by atoms with Crippen LogP contribution >= 0.6 is 0 Å². The lowest BCUT2D eigenvalue weighted by Crippen LogP contribution is -2.47. The SMILES string of the molecule is CCC(C)(CCN)NC(=O)c1ccccc1C(C)(C)C. The van der Waals surface area contributed by atoms with Crippen molar-refractivity contribution in [3.63, 3.8) is 0 Å². The van der Waals surface area contributed by atoms with Crippen LogP contribution in [0.3, 0.4) is 0 Å². The highest BCUT2D eigenvalue weighted by Crippen LogP contribution is 2.26. The first-order chi connectivity index (χ1) is 9.23. The number of amides is 1. The van der Waals surface area contributed by atoms with Crippen molar-refractivity contribution in [2.24, 2.45) is 5.73 Å². The fourth-order valence-electron chi connectivity index (χ4n) is 2.32. The molecular formula is C17H28N2O. The standard InChI is InChI=1S/C17H28N2O/c1-6-17(5,11-12-18)19-15(20)13-9-7-8-10-14(13)16(2,3)4/h7-10H,6,11-12,18H2,1-5H3,(H,19,20). The summed E-state index contributed by atoms with van der Waals surface area (Å²) in [5.74, 6) is -0.00618. The van der Waals surface area contributed by atoms with E-state index in [1.165, 1.54) is 0 Å². The van der Waals surface area contributed by atoms with Crippen molar-refractivity contribution in [1.29, 1.82) is 0 Å². The van der Waals surface area contributed by atoms with E-state index in [4.69, 9.17) is 5.73 Å². The van der Waals surface area contributed by atoms with E-state index >= 15 is 0 Å². The van der Waals surface area contributed by atoms with Crippen LogP contribution in [-0.2, 0) is 5.41 Å².